The van der Waals surface area contributed by atoms with Crippen molar-refractivity contribution in [3.8, 4) is 23.3 Å². The highest BCUT2D eigenvalue weighted by molar-refractivity contribution is 6.09. The highest BCUT2D eigenvalue weighted by Gasteiger charge is 2.20. The lowest BCUT2D eigenvalue weighted by Gasteiger charge is -2.12. The van der Waals surface area contributed by atoms with Crippen molar-refractivity contribution in [2.75, 3.05) is 12.4 Å². The summed E-state index contributed by atoms with van der Waals surface area (Å²) in [4.78, 5) is 26.1. The molecule has 186 valence electrons. The molecule has 0 fully saturated rings. The molecule has 0 atom stereocenters. The second-order valence-electron chi connectivity index (χ2n) is 8.25. The number of aromatic nitrogens is 2. The van der Waals surface area contributed by atoms with Crippen molar-refractivity contribution in [3.05, 3.63) is 112 Å². The van der Waals surface area contributed by atoms with E-state index in [-0.39, 0.29) is 11.3 Å². The van der Waals surface area contributed by atoms with Gasteiger partial charge in [-0.2, -0.15) is 5.26 Å². The number of carbonyl (C=O) groups is 1. The normalized spacial score (nSPS) is 11.0. The van der Waals surface area contributed by atoms with Crippen molar-refractivity contribution in [1.29, 1.82) is 5.26 Å². The second kappa shape index (κ2) is 11.1. The number of para-hydroxylation sites is 1. The number of anilines is 1. The molecular weight excluding hydrogens is 468 g/mol. The molecule has 8 heteroatoms. The summed E-state index contributed by atoms with van der Waals surface area (Å²) in [5, 5.41) is 12.3. The Bertz CT molecular complexity index is 1540. The summed E-state index contributed by atoms with van der Waals surface area (Å²) in [7, 11) is 3.27. The molecule has 1 N–H and O–H groups in total. The van der Waals surface area contributed by atoms with Gasteiger partial charge < -0.3 is 14.8 Å². The third-order valence-electron chi connectivity index (χ3n) is 5.89. The highest BCUT2D eigenvalue weighted by atomic mass is 16.5. The maximum absolute atomic E-state index is 13.1. The zero-order chi connectivity index (χ0) is 26.4. The zero-order valence-corrected chi connectivity index (χ0v) is 20.8. The van der Waals surface area contributed by atoms with Crippen molar-refractivity contribution in [1.82, 2.24) is 9.36 Å². The standard InChI is InChI=1S/C29H26N4O4/c1-20-27(29(35)33(32(20)2)24-12-8-5-9-13-24)31-28(34)23(18-30)16-22-14-15-25(36-3)26(17-22)37-19-21-10-6-4-7-11-21/h4-17H,19H2,1-3H3,(H,31,34)/b23-16-. The van der Waals surface area contributed by atoms with E-state index < -0.39 is 11.5 Å². The molecule has 1 amide bonds. The third kappa shape index (κ3) is 5.46. The maximum atomic E-state index is 13.1. The number of hydrogen-bond acceptors (Lipinski definition) is 5. The van der Waals surface area contributed by atoms with Gasteiger partial charge in [-0.25, -0.2) is 4.68 Å². The molecule has 1 heterocycles. The first-order valence-electron chi connectivity index (χ1n) is 11.5. The first kappa shape index (κ1) is 25.1. The van der Waals surface area contributed by atoms with Gasteiger partial charge in [-0.3, -0.25) is 14.3 Å². The van der Waals surface area contributed by atoms with Crippen LogP contribution in [-0.2, 0) is 18.4 Å². The van der Waals surface area contributed by atoms with Gasteiger partial charge >= 0.3 is 0 Å². The molecule has 8 nitrogen and oxygen atoms in total. The van der Waals surface area contributed by atoms with Crippen LogP contribution in [0, 0.1) is 18.3 Å². The predicted molar refractivity (Wildman–Crippen MR) is 142 cm³/mol. The van der Waals surface area contributed by atoms with E-state index in [1.807, 2.05) is 54.6 Å². The molecule has 0 aliphatic rings. The molecule has 0 radical (unpaired) electrons. The number of methoxy groups -OCH3 is 1. The van der Waals surface area contributed by atoms with Gasteiger partial charge in [0.1, 0.15) is 23.9 Å². The Morgan fingerprint density at radius 1 is 1.03 bits per heavy atom. The van der Waals surface area contributed by atoms with E-state index in [4.69, 9.17) is 9.47 Å². The average Bonchev–Trinajstić information content (AvgIpc) is 3.14. The Morgan fingerprint density at radius 2 is 1.70 bits per heavy atom. The van der Waals surface area contributed by atoms with Gasteiger partial charge in [0, 0.05) is 7.05 Å². The molecule has 0 bridgehead atoms. The highest BCUT2D eigenvalue weighted by Crippen LogP contribution is 2.30. The molecule has 1 aromatic heterocycles. The average molecular weight is 495 g/mol. The van der Waals surface area contributed by atoms with Crippen molar-refractivity contribution in [2.24, 2.45) is 7.05 Å². The fraction of sp³-hybridized carbons (Fsp3) is 0.138. The number of hydrogen-bond donors (Lipinski definition) is 1. The monoisotopic (exact) mass is 494 g/mol. The van der Waals surface area contributed by atoms with Gasteiger partial charge in [0.05, 0.1) is 18.5 Å². The van der Waals surface area contributed by atoms with Crippen molar-refractivity contribution in [2.45, 2.75) is 13.5 Å². The Hall–Kier alpha value is -5.03. The zero-order valence-electron chi connectivity index (χ0n) is 20.8. The Balaban J connectivity index is 1.59. The van der Waals surface area contributed by atoms with Gasteiger partial charge in [0.25, 0.3) is 11.5 Å². The van der Waals surface area contributed by atoms with Crippen LogP contribution in [0.5, 0.6) is 11.5 Å². The number of benzene rings is 3. The van der Waals surface area contributed by atoms with Crippen LogP contribution in [0.1, 0.15) is 16.8 Å². The molecule has 0 unspecified atom stereocenters. The van der Waals surface area contributed by atoms with Gasteiger partial charge in [-0.15, -0.1) is 0 Å². The first-order valence-corrected chi connectivity index (χ1v) is 11.5. The van der Waals surface area contributed by atoms with Crippen LogP contribution in [0.3, 0.4) is 0 Å². The molecule has 0 aliphatic carbocycles. The number of rotatable bonds is 8. The lowest BCUT2D eigenvalue weighted by molar-refractivity contribution is -0.112. The molecule has 0 aliphatic heterocycles. The van der Waals surface area contributed by atoms with E-state index in [0.29, 0.717) is 35.1 Å². The van der Waals surface area contributed by atoms with Crippen LogP contribution in [0.25, 0.3) is 11.8 Å². The van der Waals surface area contributed by atoms with Crippen LogP contribution in [0.4, 0.5) is 5.69 Å². The Morgan fingerprint density at radius 3 is 2.35 bits per heavy atom. The number of amides is 1. The summed E-state index contributed by atoms with van der Waals surface area (Å²) in [6, 6.07) is 25.8. The number of carbonyl (C=O) groups excluding carboxylic acids is 1. The van der Waals surface area contributed by atoms with Crippen molar-refractivity contribution >= 4 is 17.7 Å². The summed E-state index contributed by atoms with van der Waals surface area (Å²) in [5.74, 6) is 0.316. The molecule has 4 rings (SSSR count). The molecule has 37 heavy (non-hydrogen) atoms. The summed E-state index contributed by atoms with van der Waals surface area (Å²) in [6.07, 6.45) is 1.44. The lowest BCUT2D eigenvalue weighted by Crippen LogP contribution is -2.23. The number of nitrogens with one attached hydrogen (secondary N) is 1. The SMILES string of the molecule is COc1ccc(/C=C(/C#N)C(=O)Nc2c(C)n(C)n(-c3ccccc3)c2=O)cc1OCc1ccccc1. The molecular formula is C29H26N4O4. The summed E-state index contributed by atoms with van der Waals surface area (Å²) in [6.45, 7) is 2.06. The molecule has 0 saturated carbocycles. The number of nitriles is 1. The Labute approximate surface area is 214 Å². The lowest BCUT2D eigenvalue weighted by atomic mass is 10.1. The van der Waals surface area contributed by atoms with E-state index in [1.165, 1.54) is 10.8 Å². The van der Waals surface area contributed by atoms with E-state index in [0.717, 1.165) is 5.56 Å². The fourth-order valence-corrected chi connectivity index (χ4v) is 3.84. The minimum Gasteiger partial charge on any atom is -0.493 e. The molecule has 3 aromatic carbocycles. The van der Waals surface area contributed by atoms with Crippen molar-refractivity contribution < 1.29 is 14.3 Å². The number of ether oxygens (including phenoxy) is 2. The van der Waals surface area contributed by atoms with E-state index in [9.17, 15) is 14.9 Å². The molecule has 4 aromatic rings. The minimum absolute atomic E-state index is 0.110. The summed E-state index contributed by atoms with van der Waals surface area (Å²) < 4.78 is 14.4. The smallest absolute Gasteiger partial charge is 0.295 e. The topological polar surface area (TPSA) is 98.3 Å². The van der Waals surface area contributed by atoms with E-state index in [2.05, 4.69) is 5.32 Å². The molecule has 0 spiro atoms. The van der Waals surface area contributed by atoms with Gasteiger partial charge in [-0.1, -0.05) is 54.6 Å². The van der Waals surface area contributed by atoms with Gasteiger partial charge in [-0.05, 0) is 48.4 Å². The van der Waals surface area contributed by atoms with Gasteiger partial charge in [0.15, 0.2) is 11.5 Å². The quantitative estimate of drug-likeness (QED) is 0.285. The summed E-state index contributed by atoms with van der Waals surface area (Å²) >= 11 is 0. The number of nitrogens with zero attached hydrogens (tertiary/aromatic N) is 3. The van der Waals surface area contributed by atoms with Crippen LogP contribution in [0.15, 0.2) is 89.2 Å². The first-order chi connectivity index (χ1) is 17.9. The Kier molecular flexibility index (Phi) is 7.55. The predicted octanol–water partition coefficient (Wildman–Crippen LogP) is 4.62. The minimum atomic E-state index is -0.684. The van der Waals surface area contributed by atoms with Gasteiger partial charge in [0.2, 0.25) is 0 Å². The second-order valence-corrected chi connectivity index (χ2v) is 8.25. The van der Waals surface area contributed by atoms with E-state index >= 15 is 0 Å². The van der Waals surface area contributed by atoms with Crippen LogP contribution in [-0.4, -0.2) is 22.4 Å². The van der Waals surface area contributed by atoms with E-state index in [1.54, 1.807) is 56.1 Å². The van der Waals surface area contributed by atoms with Crippen LogP contribution >= 0.6 is 0 Å². The van der Waals surface area contributed by atoms with Crippen LogP contribution in [0.2, 0.25) is 0 Å². The third-order valence-corrected chi connectivity index (χ3v) is 5.89. The van der Waals surface area contributed by atoms with Crippen LogP contribution < -0.4 is 20.3 Å². The maximum Gasteiger partial charge on any atom is 0.295 e. The van der Waals surface area contributed by atoms with Crippen molar-refractivity contribution in [3.63, 3.8) is 0 Å². The summed E-state index contributed by atoms with van der Waals surface area (Å²) in [5.41, 5.74) is 2.34. The largest absolute Gasteiger partial charge is 0.493 e. The molecule has 0 saturated heterocycles. The fourth-order valence-electron chi connectivity index (χ4n) is 3.84.